The molecule has 12 heteroatoms. The van der Waals surface area contributed by atoms with E-state index in [2.05, 4.69) is 23.6 Å². The summed E-state index contributed by atoms with van der Waals surface area (Å²) in [7, 11) is -3.89. The third-order valence-electron chi connectivity index (χ3n) is 5.62. The average Bonchev–Trinajstić information content (AvgIpc) is 3.53. The maximum Gasteiger partial charge on any atom is 0.243 e. The molecule has 0 unspecified atom stereocenters. The second-order valence-corrected chi connectivity index (χ2v) is 9.95. The van der Waals surface area contributed by atoms with E-state index in [4.69, 9.17) is 4.52 Å². The van der Waals surface area contributed by atoms with Crippen LogP contribution in [0.2, 0.25) is 0 Å². The zero-order valence-electron chi connectivity index (χ0n) is 17.4. The van der Waals surface area contributed by atoms with Gasteiger partial charge in [0.2, 0.25) is 27.6 Å². The number of nitrogens with one attached hydrogen (secondary N) is 1. The summed E-state index contributed by atoms with van der Waals surface area (Å²) in [6.07, 6.45) is 1.33. The molecule has 1 N–H and O–H groups in total. The van der Waals surface area contributed by atoms with E-state index >= 15 is 0 Å². The number of fused-ring (bicyclic) bond motifs is 1. The first-order valence-electron chi connectivity index (χ1n) is 10.4. The molecule has 33 heavy (non-hydrogen) atoms. The fourth-order valence-corrected chi connectivity index (χ4v) is 5.56. The molecule has 0 saturated carbocycles. The van der Waals surface area contributed by atoms with Crippen molar-refractivity contribution in [2.45, 2.75) is 23.7 Å². The highest BCUT2D eigenvalue weighted by Gasteiger charge is 2.28. The lowest BCUT2D eigenvalue weighted by atomic mass is 9.96. The molecule has 0 atom stereocenters. The van der Waals surface area contributed by atoms with Crippen LogP contribution in [-0.2, 0) is 14.8 Å². The average molecular weight is 485 g/mol. The van der Waals surface area contributed by atoms with Gasteiger partial charge in [0.15, 0.2) is 0 Å². The van der Waals surface area contributed by atoms with Crippen LogP contribution in [0.4, 0.5) is 0 Å². The third-order valence-corrected chi connectivity index (χ3v) is 7.60. The molecule has 3 heterocycles. The predicted octanol–water partition coefficient (Wildman–Crippen LogP) is 2.43. The van der Waals surface area contributed by atoms with Crippen molar-refractivity contribution in [3.8, 4) is 11.4 Å². The molecule has 0 bridgehead atoms. The van der Waals surface area contributed by atoms with Gasteiger partial charge in [-0.25, -0.2) is 13.1 Å². The molecule has 1 saturated heterocycles. The minimum atomic E-state index is -3.89. The summed E-state index contributed by atoms with van der Waals surface area (Å²) in [5.74, 6) is 0.886. The van der Waals surface area contributed by atoms with Crippen LogP contribution in [0.25, 0.3) is 22.4 Å². The Balaban J connectivity index is 1.17. The van der Waals surface area contributed by atoms with Crippen LogP contribution < -0.4 is 4.72 Å². The van der Waals surface area contributed by atoms with Gasteiger partial charge in [-0.3, -0.25) is 4.79 Å². The number of hydrogen-bond donors (Lipinski definition) is 1. The molecular weight excluding hydrogens is 464 g/mol. The van der Waals surface area contributed by atoms with E-state index in [0.717, 1.165) is 17.3 Å². The highest BCUT2D eigenvalue weighted by atomic mass is 32.2. The van der Waals surface area contributed by atoms with E-state index in [1.807, 2.05) is 30.3 Å². The van der Waals surface area contributed by atoms with Gasteiger partial charge in [0.25, 0.3) is 0 Å². The number of amides is 1. The van der Waals surface area contributed by atoms with Crippen molar-refractivity contribution in [1.82, 2.24) is 28.5 Å². The summed E-state index contributed by atoms with van der Waals surface area (Å²) in [6.45, 7) is 0.652. The zero-order chi connectivity index (χ0) is 22.8. The van der Waals surface area contributed by atoms with Crippen LogP contribution >= 0.6 is 11.7 Å². The lowest BCUT2D eigenvalue weighted by molar-refractivity contribution is -0.131. The molecule has 0 aliphatic carbocycles. The first-order chi connectivity index (χ1) is 16.0. The van der Waals surface area contributed by atoms with Gasteiger partial charge in [0.1, 0.15) is 15.9 Å². The molecule has 4 aromatic rings. The molecule has 5 rings (SSSR count). The normalized spacial score (nSPS) is 15.2. The summed E-state index contributed by atoms with van der Waals surface area (Å²) in [6, 6.07) is 14.3. The van der Waals surface area contributed by atoms with E-state index in [1.54, 1.807) is 17.0 Å². The summed E-state index contributed by atoms with van der Waals surface area (Å²) >= 11 is 0.944. The van der Waals surface area contributed by atoms with E-state index in [-0.39, 0.29) is 23.3 Å². The van der Waals surface area contributed by atoms with Crippen molar-refractivity contribution in [2.24, 2.45) is 0 Å². The van der Waals surface area contributed by atoms with Gasteiger partial charge in [0.05, 0.1) is 18.3 Å². The van der Waals surface area contributed by atoms with Gasteiger partial charge in [-0.05, 0) is 25.0 Å². The molecular formula is C21H20N6O4S2. The summed E-state index contributed by atoms with van der Waals surface area (Å²) < 4.78 is 41.4. The molecule has 1 amide bonds. The summed E-state index contributed by atoms with van der Waals surface area (Å²) in [5, 5.41) is 4.07. The minimum Gasteiger partial charge on any atom is -0.342 e. The molecule has 170 valence electrons. The number of likely N-dealkylation sites (tertiary alicyclic amines) is 1. The number of nitrogens with zero attached hydrogens (tertiary/aromatic N) is 5. The van der Waals surface area contributed by atoms with Crippen molar-refractivity contribution in [1.29, 1.82) is 0 Å². The minimum absolute atomic E-state index is 0.0193. The molecule has 1 aliphatic rings. The van der Waals surface area contributed by atoms with Gasteiger partial charge in [0, 0.05) is 24.6 Å². The SMILES string of the molecule is O=C(CNS(=O)(=O)c1cccc2nsnc12)N1CCC(c2nc(-c3ccccc3)no2)CC1. The van der Waals surface area contributed by atoms with Crippen molar-refractivity contribution in [2.75, 3.05) is 19.6 Å². The number of sulfonamides is 1. The molecule has 0 spiro atoms. The van der Waals surface area contributed by atoms with E-state index in [0.29, 0.717) is 48.7 Å². The molecule has 0 radical (unpaired) electrons. The lowest BCUT2D eigenvalue weighted by Gasteiger charge is -2.30. The first kappa shape index (κ1) is 21.6. The largest absolute Gasteiger partial charge is 0.342 e. The van der Waals surface area contributed by atoms with Crippen LogP contribution in [0, 0.1) is 0 Å². The molecule has 2 aromatic heterocycles. The Labute approximate surface area is 194 Å². The molecule has 10 nitrogen and oxygen atoms in total. The van der Waals surface area contributed by atoms with Crippen molar-refractivity contribution < 1.29 is 17.7 Å². The number of aromatic nitrogens is 4. The Bertz CT molecular complexity index is 1380. The van der Waals surface area contributed by atoms with Crippen molar-refractivity contribution >= 4 is 38.7 Å². The predicted molar refractivity (Wildman–Crippen MR) is 121 cm³/mol. The monoisotopic (exact) mass is 484 g/mol. The topological polar surface area (TPSA) is 131 Å². The fraction of sp³-hybridized carbons (Fsp3) is 0.286. The van der Waals surface area contributed by atoms with Crippen molar-refractivity contribution in [3.05, 3.63) is 54.4 Å². The van der Waals surface area contributed by atoms with Gasteiger partial charge < -0.3 is 9.42 Å². The second kappa shape index (κ2) is 8.96. The highest BCUT2D eigenvalue weighted by molar-refractivity contribution is 7.89. The lowest BCUT2D eigenvalue weighted by Crippen LogP contribution is -2.43. The first-order valence-corrected chi connectivity index (χ1v) is 12.6. The number of rotatable bonds is 6. The smallest absolute Gasteiger partial charge is 0.243 e. The number of benzene rings is 2. The number of piperidine rings is 1. The molecule has 1 aliphatic heterocycles. The van der Waals surface area contributed by atoms with Gasteiger partial charge >= 0.3 is 0 Å². The van der Waals surface area contributed by atoms with Gasteiger partial charge in [-0.15, -0.1) is 0 Å². The standard InChI is InChI=1S/C21H20N6O4S2/c28-18(13-22-33(29,30)17-8-4-7-16-19(17)26-32-25-16)27-11-9-15(10-12-27)21-23-20(24-31-21)14-5-2-1-3-6-14/h1-8,15,22H,9-13H2. The third kappa shape index (κ3) is 4.49. The van der Waals surface area contributed by atoms with Crippen LogP contribution in [0.5, 0.6) is 0 Å². The Hall–Kier alpha value is -3.22. The quantitative estimate of drug-likeness (QED) is 0.441. The molecule has 2 aromatic carbocycles. The Morgan fingerprint density at radius 2 is 1.88 bits per heavy atom. The number of carbonyl (C=O) groups excluding carboxylic acids is 1. The Morgan fingerprint density at radius 3 is 2.67 bits per heavy atom. The Morgan fingerprint density at radius 1 is 1.09 bits per heavy atom. The maximum atomic E-state index is 12.7. The number of hydrogen-bond acceptors (Lipinski definition) is 9. The maximum absolute atomic E-state index is 12.7. The van der Waals surface area contributed by atoms with E-state index in [1.165, 1.54) is 6.07 Å². The van der Waals surface area contributed by atoms with E-state index in [9.17, 15) is 13.2 Å². The van der Waals surface area contributed by atoms with Crippen LogP contribution in [0.3, 0.4) is 0 Å². The van der Waals surface area contributed by atoms with Crippen LogP contribution in [0.15, 0.2) is 57.9 Å². The van der Waals surface area contributed by atoms with Crippen LogP contribution in [-0.4, -0.2) is 57.7 Å². The zero-order valence-corrected chi connectivity index (χ0v) is 19.1. The summed E-state index contributed by atoms with van der Waals surface area (Å²) in [4.78, 5) is 18.8. The van der Waals surface area contributed by atoms with Gasteiger partial charge in [-0.1, -0.05) is 41.6 Å². The summed E-state index contributed by atoms with van der Waals surface area (Å²) in [5.41, 5.74) is 1.70. The van der Waals surface area contributed by atoms with Crippen molar-refractivity contribution in [3.63, 3.8) is 0 Å². The number of carbonyl (C=O) groups is 1. The fourth-order valence-electron chi connectivity index (χ4n) is 3.83. The Kier molecular flexibility index (Phi) is 5.87. The van der Waals surface area contributed by atoms with Crippen LogP contribution in [0.1, 0.15) is 24.7 Å². The second-order valence-electron chi connectivity index (χ2n) is 7.69. The van der Waals surface area contributed by atoms with E-state index < -0.39 is 10.0 Å². The van der Waals surface area contributed by atoms with Gasteiger partial charge in [-0.2, -0.15) is 13.7 Å². The molecule has 1 fully saturated rings. The highest BCUT2D eigenvalue weighted by Crippen LogP contribution is 2.28.